The van der Waals surface area contributed by atoms with Gasteiger partial charge in [0.1, 0.15) is 6.54 Å². The number of benzene rings is 1. The fourth-order valence-electron chi connectivity index (χ4n) is 2.05. The summed E-state index contributed by atoms with van der Waals surface area (Å²) in [6.07, 6.45) is 1.86. The van der Waals surface area contributed by atoms with Gasteiger partial charge < -0.3 is 0 Å². The monoisotopic (exact) mass is 250 g/mol. The quantitative estimate of drug-likeness (QED) is 0.756. The smallest absolute Gasteiger partial charge is 0.284 e. The van der Waals surface area contributed by atoms with Gasteiger partial charge in [-0.25, -0.2) is 4.79 Å². The summed E-state index contributed by atoms with van der Waals surface area (Å²) in [5.74, 6) is -0.113. The molecule has 2 aliphatic rings. The fraction of sp³-hybridized carbons (Fsp3) is 0.333. The second-order valence-electron chi connectivity index (χ2n) is 4.34. The molecule has 0 unspecified atom stereocenters. The van der Waals surface area contributed by atoms with Crippen molar-refractivity contribution in [2.75, 3.05) is 11.4 Å². The number of imide groups is 1. The van der Waals surface area contributed by atoms with E-state index in [1.165, 1.54) is 9.80 Å². The van der Waals surface area contributed by atoms with Crippen molar-refractivity contribution in [3.8, 4) is 0 Å². The molecular weight excluding hydrogens is 240 g/mol. The van der Waals surface area contributed by atoms with Crippen LogP contribution in [0.2, 0.25) is 5.02 Å². The normalized spacial score (nSPS) is 20.3. The summed E-state index contributed by atoms with van der Waals surface area (Å²) < 4.78 is 0. The van der Waals surface area contributed by atoms with Crippen LogP contribution < -0.4 is 4.90 Å². The average Bonchev–Trinajstić information content (AvgIpc) is 3.06. The highest BCUT2D eigenvalue weighted by Gasteiger charge is 2.45. The molecule has 0 aromatic heterocycles. The molecule has 0 bridgehead atoms. The minimum absolute atomic E-state index is 0.113. The van der Waals surface area contributed by atoms with E-state index < -0.39 is 0 Å². The van der Waals surface area contributed by atoms with E-state index >= 15 is 0 Å². The Balaban J connectivity index is 1.90. The van der Waals surface area contributed by atoms with Gasteiger partial charge in [0.25, 0.3) is 5.91 Å². The fourth-order valence-corrected chi connectivity index (χ4v) is 2.24. The van der Waals surface area contributed by atoms with Crippen LogP contribution in [0.25, 0.3) is 0 Å². The number of hydrogen-bond acceptors (Lipinski definition) is 2. The Labute approximate surface area is 104 Å². The van der Waals surface area contributed by atoms with Crippen molar-refractivity contribution in [3.63, 3.8) is 0 Å². The summed E-state index contributed by atoms with van der Waals surface area (Å²) in [6.45, 7) is 0.121. The van der Waals surface area contributed by atoms with E-state index in [9.17, 15) is 9.59 Å². The van der Waals surface area contributed by atoms with Gasteiger partial charge in [-0.3, -0.25) is 14.6 Å². The molecule has 2 fully saturated rings. The highest BCUT2D eigenvalue weighted by molar-refractivity contribution is 6.31. The lowest BCUT2D eigenvalue weighted by Gasteiger charge is -2.16. The van der Waals surface area contributed by atoms with Gasteiger partial charge in [0.2, 0.25) is 0 Å². The number of halogens is 1. The maximum Gasteiger partial charge on any atom is 0.331 e. The molecular formula is C12H11ClN2O2. The first-order chi connectivity index (χ1) is 8.16. The molecule has 1 saturated carbocycles. The summed E-state index contributed by atoms with van der Waals surface area (Å²) in [4.78, 5) is 26.7. The molecule has 17 heavy (non-hydrogen) atoms. The summed E-state index contributed by atoms with van der Waals surface area (Å²) in [5.41, 5.74) is 0.680. The summed E-state index contributed by atoms with van der Waals surface area (Å²) in [7, 11) is 0. The van der Waals surface area contributed by atoms with Crippen molar-refractivity contribution in [1.82, 2.24) is 4.90 Å². The van der Waals surface area contributed by atoms with Crippen LogP contribution in [-0.2, 0) is 4.79 Å². The zero-order chi connectivity index (χ0) is 12.0. The van der Waals surface area contributed by atoms with E-state index in [0.717, 1.165) is 12.8 Å². The van der Waals surface area contributed by atoms with Crippen molar-refractivity contribution in [2.24, 2.45) is 0 Å². The molecule has 0 radical (unpaired) electrons. The number of carbonyl (C=O) groups excluding carboxylic acids is 2. The topological polar surface area (TPSA) is 40.6 Å². The van der Waals surface area contributed by atoms with Gasteiger partial charge in [-0.1, -0.05) is 17.7 Å². The average molecular weight is 251 g/mol. The second-order valence-corrected chi connectivity index (χ2v) is 4.78. The Bertz CT molecular complexity index is 499. The molecule has 1 heterocycles. The van der Waals surface area contributed by atoms with Crippen LogP contribution in [0.1, 0.15) is 12.8 Å². The van der Waals surface area contributed by atoms with Crippen LogP contribution in [-0.4, -0.2) is 29.4 Å². The number of hydrogen-bond donors (Lipinski definition) is 0. The molecule has 0 N–H and O–H groups in total. The Kier molecular flexibility index (Phi) is 2.33. The van der Waals surface area contributed by atoms with Gasteiger partial charge in [0.05, 0.1) is 0 Å². The first-order valence-electron chi connectivity index (χ1n) is 5.56. The minimum atomic E-state index is -0.222. The van der Waals surface area contributed by atoms with E-state index in [2.05, 4.69) is 0 Å². The number of amides is 3. The summed E-state index contributed by atoms with van der Waals surface area (Å²) >= 11 is 5.88. The van der Waals surface area contributed by atoms with Crippen molar-refractivity contribution < 1.29 is 9.59 Å². The SMILES string of the molecule is O=C1CN(c2cccc(Cl)c2)C(=O)N1C1CC1. The van der Waals surface area contributed by atoms with E-state index in [-0.39, 0.29) is 24.5 Å². The minimum Gasteiger partial charge on any atom is -0.284 e. The van der Waals surface area contributed by atoms with Gasteiger partial charge in [0.15, 0.2) is 0 Å². The van der Waals surface area contributed by atoms with Crippen LogP contribution >= 0.6 is 11.6 Å². The molecule has 5 heteroatoms. The molecule has 88 valence electrons. The zero-order valence-corrected chi connectivity index (χ0v) is 9.85. The van der Waals surface area contributed by atoms with E-state index in [0.29, 0.717) is 10.7 Å². The molecule has 0 spiro atoms. The Hall–Kier alpha value is -1.55. The van der Waals surface area contributed by atoms with E-state index in [1.807, 2.05) is 0 Å². The molecule has 0 atom stereocenters. The van der Waals surface area contributed by atoms with Crippen LogP contribution in [0.5, 0.6) is 0 Å². The van der Waals surface area contributed by atoms with Crippen molar-refractivity contribution in [2.45, 2.75) is 18.9 Å². The number of anilines is 1. The highest BCUT2D eigenvalue weighted by atomic mass is 35.5. The highest BCUT2D eigenvalue weighted by Crippen LogP contribution is 2.32. The largest absolute Gasteiger partial charge is 0.331 e. The number of carbonyl (C=O) groups is 2. The number of nitrogens with zero attached hydrogens (tertiary/aromatic N) is 2. The number of rotatable bonds is 2. The maximum absolute atomic E-state index is 12.1. The second kappa shape index (κ2) is 3.74. The third kappa shape index (κ3) is 1.78. The van der Waals surface area contributed by atoms with E-state index in [1.54, 1.807) is 24.3 Å². The van der Waals surface area contributed by atoms with Crippen LogP contribution in [0.15, 0.2) is 24.3 Å². The maximum atomic E-state index is 12.1. The van der Waals surface area contributed by atoms with Gasteiger partial charge in [-0.05, 0) is 31.0 Å². The Morgan fingerprint density at radius 1 is 1.24 bits per heavy atom. The molecule has 1 aliphatic heterocycles. The van der Waals surface area contributed by atoms with Gasteiger partial charge in [-0.2, -0.15) is 0 Å². The van der Waals surface area contributed by atoms with Gasteiger partial charge in [-0.15, -0.1) is 0 Å². The summed E-state index contributed by atoms with van der Waals surface area (Å²) in [5, 5.41) is 0.563. The third-order valence-electron chi connectivity index (χ3n) is 3.03. The molecule has 3 amide bonds. The lowest BCUT2D eigenvalue weighted by Crippen LogP contribution is -2.34. The van der Waals surface area contributed by atoms with Crippen LogP contribution in [0, 0.1) is 0 Å². The predicted molar refractivity (Wildman–Crippen MR) is 64.1 cm³/mol. The molecule has 4 nitrogen and oxygen atoms in total. The Morgan fingerprint density at radius 2 is 2.00 bits per heavy atom. The summed E-state index contributed by atoms with van der Waals surface area (Å²) in [6, 6.07) is 6.90. The lowest BCUT2D eigenvalue weighted by molar-refractivity contribution is -0.125. The van der Waals surface area contributed by atoms with Crippen LogP contribution in [0.4, 0.5) is 10.5 Å². The van der Waals surface area contributed by atoms with Gasteiger partial charge >= 0.3 is 6.03 Å². The zero-order valence-electron chi connectivity index (χ0n) is 9.10. The molecule has 1 saturated heterocycles. The van der Waals surface area contributed by atoms with Crippen molar-refractivity contribution in [1.29, 1.82) is 0 Å². The molecule has 1 aliphatic carbocycles. The molecule has 3 rings (SSSR count). The third-order valence-corrected chi connectivity index (χ3v) is 3.27. The number of urea groups is 1. The standard InChI is InChI=1S/C12H11ClN2O2/c13-8-2-1-3-10(6-8)14-7-11(16)15(12(14)17)9-4-5-9/h1-3,6,9H,4-5,7H2. The first-order valence-corrected chi connectivity index (χ1v) is 5.94. The first kappa shape index (κ1) is 10.6. The van der Waals surface area contributed by atoms with Crippen molar-refractivity contribution >= 4 is 29.2 Å². The van der Waals surface area contributed by atoms with Crippen molar-refractivity contribution in [3.05, 3.63) is 29.3 Å². The molecule has 1 aromatic carbocycles. The lowest BCUT2D eigenvalue weighted by atomic mass is 10.3. The van der Waals surface area contributed by atoms with Crippen LogP contribution in [0.3, 0.4) is 0 Å². The van der Waals surface area contributed by atoms with Gasteiger partial charge in [0, 0.05) is 16.8 Å². The van der Waals surface area contributed by atoms with E-state index in [4.69, 9.17) is 11.6 Å². The predicted octanol–water partition coefficient (Wildman–Crippen LogP) is 2.27. The Morgan fingerprint density at radius 3 is 2.65 bits per heavy atom. The molecule has 1 aromatic rings.